The summed E-state index contributed by atoms with van der Waals surface area (Å²) in [7, 11) is 0. The van der Waals surface area contributed by atoms with E-state index in [-0.39, 0.29) is 3.23 Å². The van der Waals surface area contributed by atoms with E-state index in [0.717, 1.165) is 4.47 Å². The zero-order chi connectivity index (χ0) is 8.77. The zero-order valence-electron chi connectivity index (χ0n) is 6.23. The summed E-state index contributed by atoms with van der Waals surface area (Å²) in [5.41, 5.74) is 1.40. The molecule has 64 valence electrons. The van der Waals surface area contributed by atoms with Crippen LogP contribution in [-0.2, 0) is 0 Å². The molecular weight excluding hydrogens is 348 g/mol. The first kappa shape index (κ1) is 9.22. The van der Waals surface area contributed by atoms with E-state index in [1.165, 1.54) is 12.0 Å². The van der Waals surface area contributed by atoms with Gasteiger partial charge in [0.2, 0.25) is 0 Å². The fourth-order valence-electron chi connectivity index (χ4n) is 1.27. The fraction of sp³-hybridized carbons (Fsp3) is 0.333. The van der Waals surface area contributed by atoms with Gasteiger partial charge in [0, 0.05) is 10.4 Å². The summed E-state index contributed by atoms with van der Waals surface area (Å²) in [6.07, 6.45) is 1.18. The van der Waals surface area contributed by atoms with Crippen LogP contribution in [0.25, 0.3) is 0 Å². The van der Waals surface area contributed by atoms with E-state index in [1.807, 2.05) is 0 Å². The van der Waals surface area contributed by atoms with Crippen molar-refractivity contribution >= 4 is 47.8 Å². The summed E-state index contributed by atoms with van der Waals surface area (Å²) >= 11 is 10.6. The van der Waals surface area contributed by atoms with Gasteiger partial charge in [-0.05, 0) is 24.1 Å². The molecule has 0 aliphatic heterocycles. The van der Waals surface area contributed by atoms with Crippen molar-refractivity contribution in [2.75, 3.05) is 0 Å². The Labute approximate surface area is 97.1 Å². The third kappa shape index (κ3) is 1.78. The van der Waals surface area contributed by atoms with E-state index in [0.29, 0.717) is 5.92 Å². The quantitative estimate of drug-likeness (QED) is 0.655. The molecule has 0 saturated heterocycles. The lowest BCUT2D eigenvalue weighted by atomic mass is 10.1. The second kappa shape index (κ2) is 3.10. The summed E-state index contributed by atoms with van der Waals surface area (Å²) in [6.45, 7) is 0. The number of rotatable bonds is 1. The van der Waals surface area contributed by atoms with Crippen molar-refractivity contribution in [2.24, 2.45) is 0 Å². The van der Waals surface area contributed by atoms with Crippen LogP contribution in [0.4, 0.5) is 0 Å². The Bertz CT molecular complexity index is 289. The highest BCUT2D eigenvalue weighted by Gasteiger charge is 2.50. The number of alkyl halides is 2. The summed E-state index contributed by atoms with van der Waals surface area (Å²) in [4.78, 5) is 0. The van der Waals surface area contributed by atoms with Gasteiger partial charge in [0.05, 0.1) is 3.23 Å². The average Bonchev–Trinajstić information content (AvgIpc) is 2.61. The van der Waals surface area contributed by atoms with Gasteiger partial charge in [0.1, 0.15) is 0 Å². The highest BCUT2D eigenvalue weighted by molar-refractivity contribution is 9.25. The highest BCUT2D eigenvalue weighted by atomic mass is 79.9. The molecule has 0 nitrogen and oxygen atoms in total. The Morgan fingerprint density at radius 2 is 1.67 bits per heavy atom. The third-order valence-corrected chi connectivity index (χ3v) is 4.38. The molecule has 0 spiro atoms. The van der Waals surface area contributed by atoms with Gasteiger partial charge in [-0.3, -0.25) is 0 Å². The maximum absolute atomic E-state index is 3.61. The normalized spacial score (nSPS) is 25.4. The molecule has 0 radical (unpaired) electrons. The molecule has 12 heavy (non-hydrogen) atoms. The minimum absolute atomic E-state index is 0.174. The lowest BCUT2D eigenvalue weighted by Crippen LogP contribution is -1.87. The second-order valence-corrected chi connectivity index (χ2v) is 7.88. The molecule has 1 aliphatic rings. The van der Waals surface area contributed by atoms with Crippen LogP contribution in [-0.4, -0.2) is 3.23 Å². The van der Waals surface area contributed by atoms with Gasteiger partial charge in [-0.15, -0.1) is 0 Å². The second-order valence-electron chi connectivity index (χ2n) is 3.07. The largest absolute Gasteiger partial charge is 0.0881 e. The van der Waals surface area contributed by atoms with E-state index in [9.17, 15) is 0 Å². The van der Waals surface area contributed by atoms with Crippen molar-refractivity contribution in [3.8, 4) is 0 Å². The number of benzene rings is 1. The van der Waals surface area contributed by atoms with Crippen LogP contribution in [0.5, 0.6) is 0 Å². The van der Waals surface area contributed by atoms with E-state index in [2.05, 4.69) is 72.1 Å². The van der Waals surface area contributed by atoms with E-state index < -0.39 is 0 Å². The van der Waals surface area contributed by atoms with Crippen LogP contribution in [0.3, 0.4) is 0 Å². The Balaban J connectivity index is 2.21. The van der Waals surface area contributed by atoms with E-state index in [1.54, 1.807) is 0 Å². The lowest BCUT2D eigenvalue weighted by Gasteiger charge is -2.00. The van der Waals surface area contributed by atoms with Crippen LogP contribution < -0.4 is 0 Å². The van der Waals surface area contributed by atoms with Gasteiger partial charge in [0.25, 0.3) is 0 Å². The smallest absolute Gasteiger partial charge is 0.0720 e. The maximum atomic E-state index is 3.61. The van der Waals surface area contributed by atoms with Gasteiger partial charge in [-0.25, -0.2) is 0 Å². The summed E-state index contributed by atoms with van der Waals surface area (Å²) in [6, 6.07) is 8.51. The predicted octanol–water partition coefficient (Wildman–Crippen LogP) is 4.42. The molecule has 0 aromatic heterocycles. The lowest BCUT2D eigenvalue weighted by molar-refractivity contribution is 1.13. The molecular formula is C9H7Br3. The molecule has 0 unspecified atom stereocenters. The van der Waals surface area contributed by atoms with Gasteiger partial charge in [-0.2, -0.15) is 0 Å². The number of halogens is 3. The van der Waals surface area contributed by atoms with E-state index in [4.69, 9.17) is 0 Å². The molecule has 2 rings (SSSR count). The minimum Gasteiger partial charge on any atom is -0.0720 e. The standard InChI is InChI=1S/C9H7Br3/c10-7-3-1-6(2-4-7)8-5-9(8,11)12/h1-4,8H,5H2/t8-/m1/s1. The van der Waals surface area contributed by atoms with Crippen molar-refractivity contribution in [3.63, 3.8) is 0 Å². The molecule has 1 aliphatic carbocycles. The molecule has 1 saturated carbocycles. The van der Waals surface area contributed by atoms with Crippen LogP contribution in [0.15, 0.2) is 28.7 Å². The Morgan fingerprint density at radius 3 is 2.08 bits per heavy atom. The van der Waals surface area contributed by atoms with Crippen LogP contribution in [0, 0.1) is 0 Å². The molecule has 3 heteroatoms. The molecule has 1 aromatic rings. The first-order valence-corrected chi connectivity index (χ1v) is 6.11. The SMILES string of the molecule is Brc1ccc([C@H]2CC2(Br)Br)cc1. The van der Waals surface area contributed by atoms with Crippen LogP contribution in [0.1, 0.15) is 17.9 Å². The monoisotopic (exact) mass is 352 g/mol. The van der Waals surface area contributed by atoms with Crippen LogP contribution in [0.2, 0.25) is 0 Å². The number of hydrogen-bond acceptors (Lipinski definition) is 0. The summed E-state index contributed by atoms with van der Waals surface area (Å²) < 4.78 is 1.31. The minimum atomic E-state index is 0.174. The third-order valence-electron chi connectivity index (χ3n) is 2.10. The first-order valence-electron chi connectivity index (χ1n) is 3.73. The molecule has 1 aromatic carbocycles. The highest BCUT2D eigenvalue weighted by Crippen LogP contribution is 2.62. The Morgan fingerprint density at radius 1 is 1.17 bits per heavy atom. The van der Waals surface area contributed by atoms with Gasteiger partial charge in [0.15, 0.2) is 0 Å². The summed E-state index contributed by atoms with van der Waals surface area (Å²) in [5, 5.41) is 0. The Hall–Kier alpha value is 0.660. The summed E-state index contributed by atoms with van der Waals surface area (Å²) in [5.74, 6) is 0.630. The van der Waals surface area contributed by atoms with E-state index >= 15 is 0 Å². The van der Waals surface area contributed by atoms with Crippen molar-refractivity contribution < 1.29 is 0 Å². The zero-order valence-corrected chi connectivity index (χ0v) is 11.0. The molecule has 0 bridgehead atoms. The number of hydrogen-bond donors (Lipinski definition) is 0. The predicted molar refractivity (Wildman–Crippen MR) is 62.1 cm³/mol. The maximum Gasteiger partial charge on any atom is 0.0881 e. The van der Waals surface area contributed by atoms with Gasteiger partial charge in [-0.1, -0.05) is 59.9 Å². The Kier molecular flexibility index (Phi) is 2.39. The van der Waals surface area contributed by atoms with Crippen molar-refractivity contribution in [2.45, 2.75) is 15.6 Å². The van der Waals surface area contributed by atoms with Gasteiger partial charge < -0.3 is 0 Å². The van der Waals surface area contributed by atoms with Crippen molar-refractivity contribution in [1.29, 1.82) is 0 Å². The van der Waals surface area contributed by atoms with Crippen molar-refractivity contribution in [3.05, 3.63) is 34.3 Å². The molecule has 1 fully saturated rings. The fourth-order valence-corrected chi connectivity index (χ4v) is 2.71. The molecule has 0 N–H and O–H groups in total. The molecule has 0 heterocycles. The molecule has 1 atom stereocenters. The average molecular weight is 355 g/mol. The van der Waals surface area contributed by atoms with Gasteiger partial charge >= 0.3 is 0 Å². The van der Waals surface area contributed by atoms with Crippen molar-refractivity contribution in [1.82, 2.24) is 0 Å². The first-order chi connectivity index (χ1) is 5.59. The topological polar surface area (TPSA) is 0 Å². The molecule has 0 amide bonds. The van der Waals surface area contributed by atoms with Crippen LogP contribution >= 0.6 is 47.8 Å².